The predicted molar refractivity (Wildman–Crippen MR) is 97.3 cm³/mol. The molecule has 1 aromatic carbocycles. The fourth-order valence-corrected chi connectivity index (χ4v) is 3.16. The topological polar surface area (TPSA) is 29.1 Å². The van der Waals surface area contributed by atoms with E-state index in [1.807, 2.05) is 81.5 Å². The molecule has 1 heterocycles. The molecule has 0 bridgehead atoms. The van der Waals surface area contributed by atoms with E-state index in [-0.39, 0.29) is 5.91 Å². The van der Waals surface area contributed by atoms with Gasteiger partial charge in [-0.1, -0.05) is 67.3 Å². The summed E-state index contributed by atoms with van der Waals surface area (Å²) in [5.41, 5.74) is 3.10. The van der Waals surface area contributed by atoms with Gasteiger partial charge < -0.3 is 5.32 Å². The predicted octanol–water partition coefficient (Wildman–Crippen LogP) is 4.84. The molecular weight excluding hydrogens is 282 g/mol. The summed E-state index contributed by atoms with van der Waals surface area (Å²) >= 11 is 0. The van der Waals surface area contributed by atoms with Crippen LogP contribution in [0.3, 0.4) is 0 Å². The van der Waals surface area contributed by atoms with Crippen molar-refractivity contribution < 1.29 is 4.79 Å². The van der Waals surface area contributed by atoms with Crippen LogP contribution in [0.5, 0.6) is 0 Å². The molecule has 0 radical (unpaired) electrons. The highest BCUT2D eigenvalue weighted by atomic mass is 16.2. The highest BCUT2D eigenvalue weighted by Crippen LogP contribution is 2.43. The van der Waals surface area contributed by atoms with Gasteiger partial charge in [0.15, 0.2) is 0 Å². The maximum atomic E-state index is 12.6. The van der Waals surface area contributed by atoms with Crippen LogP contribution in [0.25, 0.3) is 0 Å². The fraction of sp³-hybridized carbons (Fsp3) is 0.190. The number of fused-ring (bicyclic) bond motifs is 1. The number of hydrogen-bond acceptors (Lipinski definition) is 1. The Hall–Kier alpha value is -2.61. The number of benzene rings is 1. The number of amides is 1. The third-order valence-electron chi connectivity index (χ3n) is 4.12. The summed E-state index contributed by atoms with van der Waals surface area (Å²) < 4.78 is 0. The second kappa shape index (κ2) is 7.10. The number of carbonyl (C=O) groups is 1. The zero-order chi connectivity index (χ0) is 16.9. The van der Waals surface area contributed by atoms with Crippen LogP contribution in [0.4, 0.5) is 0 Å². The van der Waals surface area contributed by atoms with E-state index in [9.17, 15) is 4.79 Å². The lowest BCUT2D eigenvalue weighted by molar-refractivity contribution is 0.0948. The van der Waals surface area contributed by atoms with Crippen molar-refractivity contribution in [1.82, 2.24) is 5.32 Å². The Morgan fingerprint density at radius 2 is 1.74 bits per heavy atom. The summed E-state index contributed by atoms with van der Waals surface area (Å²) in [5, 5.41) is 3.22. The van der Waals surface area contributed by atoms with Gasteiger partial charge in [-0.2, -0.15) is 0 Å². The molecule has 0 spiro atoms. The van der Waals surface area contributed by atoms with Crippen molar-refractivity contribution in [2.24, 2.45) is 0 Å². The van der Waals surface area contributed by atoms with Gasteiger partial charge in [0.1, 0.15) is 5.54 Å². The number of carbonyl (C=O) groups excluding carboxylic acids is 1. The second-order valence-electron chi connectivity index (χ2n) is 5.33. The lowest BCUT2D eigenvalue weighted by atomic mass is 9.76. The molecule has 1 aromatic rings. The molecule has 1 aliphatic heterocycles. The van der Waals surface area contributed by atoms with Gasteiger partial charge in [-0.05, 0) is 43.5 Å². The molecule has 23 heavy (non-hydrogen) atoms. The van der Waals surface area contributed by atoms with E-state index in [0.717, 1.165) is 22.3 Å². The average Bonchev–Trinajstić information content (AvgIpc) is 2.87. The van der Waals surface area contributed by atoms with Crippen molar-refractivity contribution in [2.45, 2.75) is 26.3 Å². The third kappa shape index (κ3) is 2.72. The van der Waals surface area contributed by atoms with Gasteiger partial charge in [0.2, 0.25) is 0 Å². The number of hydrogen-bond donors (Lipinski definition) is 1. The summed E-state index contributed by atoms with van der Waals surface area (Å²) in [6, 6.07) is 7.76. The van der Waals surface area contributed by atoms with Crippen molar-refractivity contribution in [3.63, 3.8) is 0 Å². The molecule has 2 heteroatoms. The van der Waals surface area contributed by atoms with Crippen molar-refractivity contribution in [3.8, 4) is 0 Å². The summed E-state index contributed by atoms with van der Waals surface area (Å²) in [6.45, 7) is 9.71. The van der Waals surface area contributed by atoms with Crippen LogP contribution < -0.4 is 5.32 Å². The van der Waals surface area contributed by atoms with Crippen LogP contribution in [0.1, 0.15) is 36.7 Å². The molecule has 1 atom stereocenters. The van der Waals surface area contributed by atoms with E-state index in [2.05, 4.69) is 11.9 Å². The van der Waals surface area contributed by atoms with Crippen molar-refractivity contribution in [2.75, 3.05) is 0 Å². The monoisotopic (exact) mass is 305 g/mol. The first-order valence-corrected chi connectivity index (χ1v) is 7.83. The first-order valence-electron chi connectivity index (χ1n) is 7.83. The van der Waals surface area contributed by atoms with Gasteiger partial charge in [-0.15, -0.1) is 0 Å². The van der Waals surface area contributed by atoms with E-state index in [0.29, 0.717) is 0 Å². The Morgan fingerprint density at radius 3 is 2.35 bits per heavy atom. The first-order chi connectivity index (χ1) is 11.1. The Kier molecular flexibility index (Phi) is 5.17. The third-order valence-corrected chi connectivity index (χ3v) is 4.12. The van der Waals surface area contributed by atoms with E-state index in [1.54, 1.807) is 6.08 Å². The van der Waals surface area contributed by atoms with Crippen molar-refractivity contribution in [3.05, 3.63) is 95.6 Å². The Bertz CT molecular complexity index is 734. The van der Waals surface area contributed by atoms with E-state index >= 15 is 0 Å². The van der Waals surface area contributed by atoms with Gasteiger partial charge in [0, 0.05) is 5.56 Å². The first kappa shape index (κ1) is 16.8. The molecule has 118 valence electrons. The molecule has 2 rings (SSSR count). The number of rotatable bonds is 5. The highest BCUT2D eigenvalue weighted by molar-refractivity contribution is 6.02. The minimum atomic E-state index is -0.663. The van der Waals surface area contributed by atoms with E-state index in [4.69, 9.17) is 0 Å². The maximum absolute atomic E-state index is 12.6. The zero-order valence-electron chi connectivity index (χ0n) is 14.0. The minimum Gasteiger partial charge on any atom is -0.334 e. The summed E-state index contributed by atoms with van der Waals surface area (Å²) in [5.74, 6) is -0.0455. The largest absolute Gasteiger partial charge is 0.334 e. The van der Waals surface area contributed by atoms with Crippen LogP contribution in [-0.4, -0.2) is 5.91 Å². The molecule has 0 saturated carbocycles. The molecule has 1 amide bonds. The smallest absolute Gasteiger partial charge is 0.252 e. The standard InChI is InChI=1S/C21H23NO/c1-5-9-13-17(8-4)21(16(7-3)12-6-2)19-15-11-10-14-18(19)20(23)22-21/h5-15H,1H2,2-4H3,(H,22,23)/b12-6-,13-9-,16-7+,17-8+. The second-order valence-corrected chi connectivity index (χ2v) is 5.33. The molecular formula is C21H23NO. The SMILES string of the molecule is C=C/C=C\C(=C/C)C1(C(/C=C\C)=C/C)NC(=O)c2ccccc21. The Labute approximate surface area is 138 Å². The lowest BCUT2D eigenvalue weighted by Crippen LogP contribution is -2.42. The summed E-state index contributed by atoms with van der Waals surface area (Å²) in [7, 11) is 0. The molecule has 0 aliphatic carbocycles. The molecule has 2 nitrogen and oxygen atoms in total. The fourth-order valence-electron chi connectivity index (χ4n) is 3.16. The maximum Gasteiger partial charge on any atom is 0.252 e. The van der Waals surface area contributed by atoms with Crippen LogP contribution in [0.2, 0.25) is 0 Å². The molecule has 1 aliphatic rings. The van der Waals surface area contributed by atoms with E-state index < -0.39 is 5.54 Å². The Morgan fingerprint density at radius 1 is 1.09 bits per heavy atom. The number of allylic oxidation sites excluding steroid dienone is 5. The van der Waals surface area contributed by atoms with Crippen molar-refractivity contribution in [1.29, 1.82) is 0 Å². The zero-order valence-corrected chi connectivity index (χ0v) is 14.0. The molecule has 1 N–H and O–H groups in total. The number of nitrogens with one attached hydrogen (secondary N) is 1. The molecule has 1 unspecified atom stereocenters. The van der Waals surface area contributed by atoms with Gasteiger partial charge >= 0.3 is 0 Å². The van der Waals surface area contributed by atoms with Crippen LogP contribution in [0, 0.1) is 0 Å². The average molecular weight is 305 g/mol. The van der Waals surface area contributed by atoms with Gasteiger partial charge in [-0.3, -0.25) is 4.79 Å². The molecule has 0 fully saturated rings. The van der Waals surface area contributed by atoms with E-state index in [1.165, 1.54) is 0 Å². The van der Waals surface area contributed by atoms with Crippen molar-refractivity contribution >= 4 is 5.91 Å². The summed E-state index contributed by atoms with van der Waals surface area (Å²) in [6.07, 6.45) is 13.8. The van der Waals surface area contributed by atoms with Crippen LogP contribution in [-0.2, 0) is 5.54 Å². The minimum absolute atomic E-state index is 0.0455. The van der Waals surface area contributed by atoms with Gasteiger partial charge in [0.05, 0.1) is 0 Å². The highest BCUT2D eigenvalue weighted by Gasteiger charge is 2.46. The summed E-state index contributed by atoms with van der Waals surface area (Å²) in [4.78, 5) is 12.6. The Balaban J connectivity index is 2.81. The molecule has 0 saturated heterocycles. The lowest BCUT2D eigenvalue weighted by Gasteiger charge is -2.33. The molecule has 0 aromatic heterocycles. The van der Waals surface area contributed by atoms with Gasteiger partial charge in [0.25, 0.3) is 5.91 Å². The van der Waals surface area contributed by atoms with Crippen LogP contribution in [0.15, 0.2) is 84.5 Å². The van der Waals surface area contributed by atoms with Crippen LogP contribution >= 0.6 is 0 Å². The quantitative estimate of drug-likeness (QED) is 0.775. The normalized spacial score (nSPS) is 21.8. The van der Waals surface area contributed by atoms with Gasteiger partial charge in [-0.25, -0.2) is 0 Å².